The number of nitrogens with zero attached hydrogens (tertiary/aromatic N) is 1. The van der Waals surface area contributed by atoms with Crippen molar-refractivity contribution in [2.24, 2.45) is 0 Å². The van der Waals surface area contributed by atoms with Crippen LogP contribution in [0.3, 0.4) is 0 Å². The molecule has 0 aliphatic carbocycles. The molecule has 1 heterocycles. The number of hydrogen-bond acceptors (Lipinski definition) is 3. The van der Waals surface area contributed by atoms with Crippen molar-refractivity contribution in [1.82, 2.24) is 4.57 Å². The summed E-state index contributed by atoms with van der Waals surface area (Å²) in [6.45, 7) is 0. The zero-order chi connectivity index (χ0) is 18.1. The first-order chi connectivity index (χ1) is 12.6. The second-order valence-electron chi connectivity index (χ2n) is 5.75. The molecule has 0 spiro atoms. The van der Waals surface area contributed by atoms with Crippen LogP contribution >= 0.6 is 11.6 Å². The lowest BCUT2D eigenvalue weighted by Crippen LogP contribution is -2.13. The van der Waals surface area contributed by atoms with E-state index in [1.807, 2.05) is 60.7 Å². The molecule has 0 amide bonds. The number of phenolic OH excluding ortho intramolecular Hbond substituents is 1. The summed E-state index contributed by atoms with van der Waals surface area (Å²) in [4.78, 5) is 12.7. The molecule has 4 rings (SSSR count). The van der Waals surface area contributed by atoms with Crippen molar-refractivity contribution < 1.29 is 9.52 Å². The van der Waals surface area contributed by atoms with Gasteiger partial charge in [0.05, 0.1) is 5.69 Å². The first-order valence-electron chi connectivity index (χ1n) is 8.01. The normalized spacial score (nSPS) is 10.8. The Labute approximate surface area is 154 Å². The van der Waals surface area contributed by atoms with Gasteiger partial charge in [-0.2, -0.15) is 0 Å². The van der Waals surface area contributed by atoms with Crippen LogP contribution in [-0.2, 0) is 0 Å². The maximum absolute atomic E-state index is 12.7. The van der Waals surface area contributed by atoms with Crippen molar-refractivity contribution in [2.75, 3.05) is 0 Å². The third-order valence-electron chi connectivity index (χ3n) is 4.07. The van der Waals surface area contributed by atoms with Gasteiger partial charge in [-0.1, -0.05) is 72.3 Å². The second-order valence-corrected chi connectivity index (χ2v) is 6.18. The number of benzene rings is 3. The van der Waals surface area contributed by atoms with Gasteiger partial charge in [-0.15, -0.1) is 0 Å². The maximum Gasteiger partial charge on any atom is 0.424 e. The van der Waals surface area contributed by atoms with Gasteiger partial charge in [0.2, 0.25) is 0 Å². The highest BCUT2D eigenvalue weighted by Gasteiger charge is 2.22. The van der Waals surface area contributed by atoms with E-state index in [-0.39, 0.29) is 11.4 Å². The van der Waals surface area contributed by atoms with Gasteiger partial charge in [0.15, 0.2) is 5.76 Å². The van der Waals surface area contributed by atoms with Crippen LogP contribution in [-0.4, -0.2) is 9.67 Å². The molecule has 0 saturated heterocycles. The second kappa shape index (κ2) is 6.58. The van der Waals surface area contributed by atoms with Gasteiger partial charge >= 0.3 is 5.76 Å². The van der Waals surface area contributed by atoms with E-state index in [0.29, 0.717) is 16.5 Å². The molecule has 3 aromatic carbocycles. The van der Waals surface area contributed by atoms with Gasteiger partial charge in [0.1, 0.15) is 11.4 Å². The van der Waals surface area contributed by atoms with Crippen molar-refractivity contribution in [1.29, 1.82) is 0 Å². The van der Waals surface area contributed by atoms with Crippen LogP contribution in [0.4, 0.5) is 0 Å². The van der Waals surface area contributed by atoms with Crippen LogP contribution in [0.2, 0.25) is 5.02 Å². The number of rotatable bonds is 3. The summed E-state index contributed by atoms with van der Waals surface area (Å²) in [5.41, 5.74) is 2.38. The minimum Gasteiger partial charge on any atom is -0.506 e. The zero-order valence-corrected chi connectivity index (χ0v) is 14.4. The molecule has 0 fully saturated rings. The molecule has 0 saturated carbocycles. The monoisotopic (exact) mass is 363 g/mol. The average Bonchev–Trinajstić information content (AvgIpc) is 3.02. The minimum atomic E-state index is -0.597. The summed E-state index contributed by atoms with van der Waals surface area (Å²) in [6, 6.07) is 23.3. The van der Waals surface area contributed by atoms with Crippen molar-refractivity contribution in [3.05, 3.63) is 94.4 Å². The molecular weight excluding hydrogens is 350 g/mol. The molecular formula is C21H14ClNO3. The quantitative estimate of drug-likeness (QED) is 0.549. The molecule has 1 aromatic heterocycles. The molecule has 0 aliphatic heterocycles. The fourth-order valence-corrected chi connectivity index (χ4v) is 3.08. The highest BCUT2D eigenvalue weighted by molar-refractivity contribution is 6.30. The first-order valence-corrected chi connectivity index (χ1v) is 8.38. The van der Waals surface area contributed by atoms with E-state index in [1.54, 1.807) is 6.07 Å². The third kappa shape index (κ3) is 2.80. The average molecular weight is 364 g/mol. The van der Waals surface area contributed by atoms with Gasteiger partial charge in [-0.3, -0.25) is 0 Å². The smallest absolute Gasteiger partial charge is 0.424 e. The third-order valence-corrected chi connectivity index (χ3v) is 4.31. The molecule has 1 N–H and O–H groups in total. The number of hydrogen-bond donors (Lipinski definition) is 1. The van der Waals surface area contributed by atoms with E-state index in [9.17, 15) is 9.90 Å². The van der Waals surface area contributed by atoms with Crippen molar-refractivity contribution >= 4 is 11.6 Å². The number of aromatic hydroxyl groups is 1. The Balaban J connectivity index is 2.08. The maximum atomic E-state index is 12.7. The fourth-order valence-electron chi connectivity index (χ4n) is 2.91. The summed E-state index contributed by atoms with van der Waals surface area (Å²) >= 11 is 6.08. The lowest BCUT2D eigenvalue weighted by atomic mass is 10.1. The molecule has 4 nitrogen and oxygen atoms in total. The summed E-state index contributed by atoms with van der Waals surface area (Å²) < 4.78 is 6.93. The number of halogens is 1. The van der Waals surface area contributed by atoms with Gasteiger partial charge < -0.3 is 9.52 Å². The van der Waals surface area contributed by atoms with Crippen molar-refractivity contribution in [3.63, 3.8) is 0 Å². The largest absolute Gasteiger partial charge is 0.506 e. The van der Waals surface area contributed by atoms with E-state index in [4.69, 9.17) is 16.0 Å². The highest BCUT2D eigenvalue weighted by atomic mass is 35.5. The Hall–Kier alpha value is -3.24. The molecule has 0 bridgehead atoms. The highest BCUT2D eigenvalue weighted by Crippen LogP contribution is 2.35. The zero-order valence-electron chi connectivity index (χ0n) is 13.6. The molecule has 4 aromatic rings. The van der Waals surface area contributed by atoms with Gasteiger partial charge in [0.25, 0.3) is 0 Å². The molecule has 26 heavy (non-hydrogen) atoms. The first kappa shape index (κ1) is 16.2. The Kier molecular flexibility index (Phi) is 4.11. The fraction of sp³-hybridized carbons (Fsp3) is 0. The Morgan fingerprint density at radius 1 is 0.846 bits per heavy atom. The lowest BCUT2D eigenvalue weighted by Gasteiger charge is -2.10. The van der Waals surface area contributed by atoms with E-state index in [0.717, 1.165) is 11.1 Å². The molecule has 0 atom stereocenters. The minimum absolute atomic E-state index is 0.0610. The van der Waals surface area contributed by atoms with Crippen molar-refractivity contribution in [2.45, 2.75) is 0 Å². The van der Waals surface area contributed by atoms with Crippen LogP contribution in [0, 0.1) is 0 Å². The van der Waals surface area contributed by atoms with E-state index in [1.165, 1.54) is 16.7 Å². The molecule has 0 radical (unpaired) electrons. The molecule has 0 unspecified atom stereocenters. The van der Waals surface area contributed by atoms with Gasteiger partial charge in [0, 0.05) is 16.1 Å². The molecule has 128 valence electrons. The number of aromatic nitrogens is 1. The Bertz CT molecular complexity index is 1120. The SMILES string of the molecule is O=c1oc(-c2ccccc2)c(-c2ccccc2)n1-c1cc(Cl)ccc1O. The predicted molar refractivity (Wildman–Crippen MR) is 102 cm³/mol. The van der Waals surface area contributed by atoms with Crippen molar-refractivity contribution in [3.8, 4) is 34.0 Å². The molecule has 5 heteroatoms. The van der Waals surface area contributed by atoms with Crippen LogP contribution in [0.1, 0.15) is 0 Å². The number of oxazole rings is 1. The summed E-state index contributed by atoms with van der Waals surface area (Å²) in [6.07, 6.45) is 0. The van der Waals surface area contributed by atoms with Crippen LogP contribution in [0.25, 0.3) is 28.3 Å². The number of phenols is 1. The summed E-state index contributed by atoms with van der Waals surface area (Å²) in [5, 5.41) is 10.7. The Morgan fingerprint density at radius 2 is 1.46 bits per heavy atom. The van der Waals surface area contributed by atoms with Crippen LogP contribution in [0.15, 0.2) is 88.1 Å². The Morgan fingerprint density at radius 3 is 2.12 bits per heavy atom. The standard InChI is InChI=1S/C21H14ClNO3/c22-16-11-12-18(24)17(13-16)23-19(14-7-3-1-4-8-14)20(26-21(23)25)15-9-5-2-6-10-15/h1-13,24H. The predicted octanol–water partition coefficient (Wildman–Crippen LogP) is 5.12. The summed E-state index contributed by atoms with van der Waals surface area (Å²) in [7, 11) is 0. The molecule has 0 aliphatic rings. The van der Waals surface area contributed by atoms with E-state index in [2.05, 4.69) is 0 Å². The van der Waals surface area contributed by atoms with Gasteiger partial charge in [-0.25, -0.2) is 9.36 Å². The van der Waals surface area contributed by atoms with Gasteiger partial charge in [-0.05, 0) is 18.2 Å². The lowest BCUT2D eigenvalue weighted by molar-refractivity contribution is 0.466. The van der Waals surface area contributed by atoms with E-state index >= 15 is 0 Å². The van der Waals surface area contributed by atoms with Crippen LogP contribution < -0.4 is 5.76 Å². The van der Waals surface area contributed by atoms with E-state index < -0.39 is 5.76 Å². The topological polar surface area (TPSA) is 55.4 Å². The summed E-state index contributed by atoms with van der Waals surface area (Å²) in [5.74, 6) is -0.226. The van der Waals surface area contributed by atoms with Crippen LogP contribution in [0.5, 0.6) is 5.75 Å².